The van der Waals surface area contributed by atoms with Crippen LogP contribution < -0.4 is 46.2 Å². The summed E-state index contributed by atoms with van der Waals surface area (Å²) < 4.78 is 53.5. The van der Waals surface area contributed by atoms with Crippen LogP contribution in [0, 0.1) is 10.8 Å². The van der Waals surface area contributed by atoms with Gasteiger partial charge >= 0.3 is 0 Å². The molecule has 7 rings (SSSR count). The van der Waals surface area contributed by atoms with Crippen molar-refractivity contribution < 1.29 is 55.2 Å². The Morgan fingerprint density at radius 3 is 1.24 bits per heavy atom. The Morgan fingerprint density at radius 1 is 0.552 bits per heavy atom. The van der Waals surface area contributed by atoms with Crippen molar-refractivity contribution in [1.82, 2.24) is 52.3 Å². The van der Waals surface area contributed by atoms with E-state index in [4.69, 9.17) is 0 Å². The lowest BCUT2D eigenvalue weighted by molar-refractivity contribution is -0.144. The fraction of sp³-hybridized carbons (Fsp3) is 0.567. The van der Waals surface area contributed by atoms with E-state index >= 15 is 0 Å². The lowest BCUT2D eigenvalue weighted by Crippen LogP contribution is -2.59. The fourth-order valence-corrected chi connectivity index (χ4v) is 14.7. The molecule has 2 fully saturated rings. The van der Waals surface area contributed by atoms with Crippen molar-refractivity contribution >= 4 is 97.8 Å². The first kappa shape index (κ1) is 71.4. The van der Waals surface area contributed by atoms with Gasteiger partial charge in [0.15, 0.2) is 0 Å². The number of halogens is 2. The Bertz CT molecular complexity index is 3090. The van der Waals surface area contributed by atoms with E-state index in [1.807, 2.05) is 48.5 Å². The Labute approximate surface area is 524 Å². The molecule has 3 aromatic rings. The molecular weight excluding hydrogens is 1200 g/mol. The molecule has 2 heterocycles. The van der Waals surface area contributed by atoms with Gasteiger partial charge in [-0.15, -0.1) is 24.8 Å². The zero-order valence-corrected chi connectivity index (χ0v) is 54.8. The quantitative estimate of drug-likeness (QED) is 0.0855. The summed E-state index contributed by atoms with van der Waals surface area (Å²) in [4.78, 5) is 118. The molecule has 4 aliphatic rings. The maximum atomic E-state index is 14.9. The smallest absolute Gasteiger partial charge is 0.251 e. The van der Waals surface area contributed by atoms with Crippen LogP contribution >= 0.6 is 24.8 Å². The highest BCUT2D eigenvalue weighted by Crippen LogP contribution is 2.35. The van der Waals surface area contributed by atoms with Gasteiger partial charge in [0.05, 0.1) is 42.4 Å². The predicted molar refractivity (Wildman–Crippen MR) is 336 cm³/mol. The summed E-state index contributed by atoms with van der Waals surface area (Å²) in [5.74, 6) is -4.95. The molecular formula is C60H87Cl2N11O12S2. The molecule has 8 N–H and O–H groups in total. The summed E-state index contributed by atoms with van der Waals surface area (Å²) in [5.41, 5.74) is 0.969. The Morgan fingerprint density at radius 2 is 0.908 bits per heavy atom. The largest absolute Gasteiger partial charge is 0.347 e. The van der Waals surface area contributed by atoms with Crippen molar-refractivity contribution in [2.24, 2.45) is 10.8 Å². The number of sulfonamides is 2. The number of nitrogens with one attached hydrogen (secondary N) is 8. The van der Waals surface area contributed by atoms with E-state index in [9.17, 15) is 55.2 Å². The van der Waals surface area contributed by atoms with Crippen LogP contribution in [0.1, 0.15) is 149 Å². The average molecular weight is 1290 g/mol. The molecule has 2 aliphatic carbocycles. The molecule has 0 unspecified atom stereocenters. The molecule has 3 aromatic carbocycles. The van der Waals surface area contributed by atoms with E-state index in [0.717, 1.165) is 66.1 Å². The monoisotopic (exact) mass is 1290 g/mol. The van der Waals surface area contributed by atoms with Gasteiger partial charge in [0.2, 0.25) is 55.5 Å². The number of likely N-dealkylation sites (N-methyl/N-ethyl adjacent to an activating group) is 2. The van der Waals surface area contributed by atoms with Crippen LogP contribution in [-0.2, 0) is 61.7 Å². The third kappa shape index (κ3) is 17.1. The molecule has 87 heavy (non-hydrogen) atoms. The number of amides is 8. The molecule has 8 amide bonds. The number of nitrogens with zero attached hydrogens (tertiary/aromatic N) is 3. The number of carbonyl (C=O) groups excluding carboxylic acids is 8. The highest BCUT2D eigenvalue weighted by Gasteiger charge is 2.48. The van der Waals surface area contributed by atoms with Crippen LogP contribution in [0.15, 0.2) is 66.7 Å². The highest BCUT2D eigenvalue weighted by atomic mass is 35.5. The third-order valence-electron chi connectivity index (χ3n) is 16.5. The normalized spacial score (nSPS) is 21.6. The number of anilines is 1. The fourth-order valence-electron chi connectivity index (χ4n) is 11.8. The summed E-state index contributed by atoms with van der Waals surface area (Å²) in [6.07, 6.45) is 5.56. The van der Waals surface area contributed by atoms with Crippen molar-refractivity contribution in [2.45, 2.75) is 167 Å². The molecule has 0 spiro atoms. The molecule has 27 heteroatoms. The standard InChI is InChI=1S/C60H85N11O12S2.2ClH/c1-34(61-9)51(72)67-49(59(3,4)5)57(78)69-32-40(30-47(69)55(76)65-45-25-17-21-36-19-13-15-23-43(36)45)63-53(74)38-27-39(29-42(28-38)71(84(11,80)81)85(12,82)83)54(75)64-41-31-48(56(77)66-46-26-18-22-37-20-14-16-24-44(37)46)70(33-41)58(79)50(60(6,7)8)68-52(73)35(2)62-10;;/h13-16,19-20,23-24,27-29,34-35,40-41,45-50,61-62H,17-18,21-22,25-26,30-33H2,1-12H3,(H,63,74)(H,64,75)(H,65,76)(H,66,77)(H,67,72)(H,68,73);2*1H/t34-,35-,40-,41-,45+,46+,47-,48-,49+,50+;;/m0../s1. The van der Waals surface area contributed by atoms with Crippen LogP contribution in [0.3, 0.4) is 0 Å². The molecule has 2 saturated heterocycles. The molecule has 0 aromatic heterocycles. The van der Waals surface area contributed by atoms with Gasteiger partial charge in [-0.25, -0.2) is 16.8 Å². The number of rotatable bonds is 19. The minimum absolute atomic E-state index is 0. The summed E-state index contributed by atoms with van der Waals surface area (Å²) in [6.45, 7) is 13.4. The third-order valence-corrected chi connectivity index (χ3v) is 19.8. The number of hydrogen-bond acceptors (Lipinski definition) is 14. The highest BCUT2D eigenvalue weighted by molar-refractivity contribution is 8.09. The van der Waals surface area contributed by atoms with Gasteiger partial charge < -0.3 is 52.3 Å². The number of likely N-dealkylation sites (tertiary alicyclic amines) is 2. The summed E-state index contributed by atoms with van der Waals surface area (Å²) in [7, 11) is -6.14. The Kier molecular flexibility index (Phi) is 23.7. The van der Waals surface area contributed by atoms with Gasteiger partial charge in [-0.1, -0.05) is 90.1 Å². The SMILES string of the molecule is CN[C@@H](C)C(=O)N[C@H](C(=O)N1C[C@@H](NC(=O)c2cc(C(=O)N[C@H]3C[C@@H](C(=O)N[C@@H]4CCCc5ccccc54)N(C(=O)[C@@H](NC(=O)[C@H](C)NC)C(C)(C)C)C3)cc(N(S(C)(=O)=O)S(C)(=O)=O)c2)C[C@H]1C(=O)N[C@@H]1CCCc2ccccc21)C(C)(C)C.Cl.Cl. The second kappa shape index (κ2) is 28.8. The van der Waals surface area contributed by atoms with Crippen LogP contribution in [0.25, 0.3) is 0 Å². The number of carbonyl (C=O) groups is 8. The van der Waals surface area contributed by atoms with E-state index in [1.54, 1.807) is 69.5 Å². The van der Waals surface area contributed by atoms with Crippen molar-refractivity contribution in [3.05, 3.63) is 100 Å². The van der Waals surface area contributed by atoms with Crippen molar-refractivity contribution in [2.75, 3.05) is 43.4 Å². The van der Waals surface area contributed by atoms with Gasteiger partial charge in [0, 0.05) is 36.3 Å². The van der Waals surface area contributed by atoms with Crippen LogP contribution in [0.5, 0.6) is 0 Å². The Hall–Kier alpha value is -6.38. The zero-order valence-electron chi connectivity index (χ0n) is 51.6. The number of hydrogen-bond donors (Lipinski definition) is 8. The number of aryl methyl sites for hydroxylation is 2. The lowest BCUT2D eigenvalue weighted by atomic mass is 9.85. The van der Waals surface area contributed by atoms with Gasteiger partial charge in [-0.2, -0.15) is 3.71 Å². The van der Waals surface area contributed by atoms with E-state index < -0.39 is 132 Å². The topological polar surface area (TPSA) is 311 Å². The van der Waals surface area contributed by atoms with Gasteiger partial charge in [0.25, 0.3) is 11.8 Å². The van der Waals surface area contributed by atoms with Crippen LogP contribution in [0.2, 0.25) is 0 Å². The summed E-state index contributed by atoms with van der Waals surface area (Å²) in [5, 5.41) is 23.4. The molecule has 23 nitrogen and oxygen atoms in total. The molecule has 0 saturated carbocycles. The van der Waals surface area contributed by atoms with Crippen LogP contribution in [-0.4, -0.2) is 162 Å². The van der Waals surface area contributed by atoms with E-state index in [-0.39, 0.29) is 77.7 Å². The maximum absolute atomic E-state index is 14.9. The molecule has 0 radical (unpaired) electrons. The maximum Gasteiger partial charge on any atom is 0.251 e. The Balaban J connectivity index is 0.00000690. The molecule has 10 atom stereocenters. The molecule has 2 aliphatic heterocycles. The first-order valence-electron chi connectivity index (χ1n) is 29.0. The second-order valence-corrected chi connectivity index (χ2v) is 29.2. The van der Waals surface area contributed by atoms with Gasteiger partial charge in [-0.3, -0.25) is 38.4 Å². The zero-order chi connectivity index (χ0) is 62.7. The predicted octanol–water partition coefficient (Wildman–Crippen LogP) is 3.32. The first-order chi connectivity index (χ1) is 39.7. The minimum atomic E-state index is -4.67. The van der Waals surface area contributed by atoms with E-state index in [0.29, 0.717) is 25.4 Å². The first-order valence-corrected chi connectivity index (χ1v) is 32.7. The summed E-state index contributed by atoms with van der Waals surface area (Å²) >= 11 is 0. The van der Waals surface area contributed by atoms with E-state index in [1.165, 1.54) is 9.80 Å². The lowest BCUT2D eigenvalue weighted by Gasteiger charge is -2.36. The minimum Gasteiger partial charge on any atom is -0.347 e. The molecule has 480 valence electrons. The average Bonchev–Trinajstić information content (AvgIpc) is 2.23. The van der Waals surface area contributed by atoms with Gasteiger partial charge in [-0.05, 0) is 131 Å². The van der Waals surface area contributed by atoms with Crippen molar-refractivity contribution in [3.63, 3.8) is 0 Å². The van der Waals surface area contributed by atoms with Gasteiger partial charge in [0.1, 0.15) is 24.2 Å². The van der Waals surface area contributed by atoms with Crippen LogP contribution in [0.4, 0.5) is 5.69 Å². The number of fused-ring (bicyclic) bond motifs is 2. The summed E-state index contributed by atoms with van der Waals surface area (Å²) in [6, 6.07) is 9.98. The second-order valence-electron chi connectivity index (χ2n) is 25.3. The van der Waals surface area contributed by atoms with Crippen molar-refractivity contribution in [3.8, 4) is 0 Å². The molecule has 0 bridgehead atoms. The van der Waals surface area contributed by atoms with Crippen molar-refractivity contribution in [1.29, 1.82) is 0 Å². The number of benzene rings is 3. The van der Waals surface area contributed by atoms with E-state index in [2.05, 4.69) is 42.5 Å².